The van der Waals surface area contributed by atoms with Crippen LogP contribution in [0.2, 0.25) is 0 Å². The van der Waals surface area contributed by atoms with E-state index in [2.05, 4.69) is 49.9 Å². The Morgan fingerprint density at radius 3 is 2.46 bits per heavy atom. The average molecular weight is 319 g/mol. The van der Waals surface area contributed by atoms with Gasteiger partial charge in [-0.15, -0.1) is 0 Å². The largest absolute Gasteiger partial charge is 0.366 e. The summed E-state index contributed by atoms with van der Waals surface area (Å²) in [6.45, 7) is 1.57. The number of rotatable bonds is 8. The molecule has 3 aromatic rings. The first-order chi connectivity index (χ1) is 11.9. The number of hydrogen-bond donors (Lipinski definition) is 2. The molecule has 24 heavy (non-hydrogen) atoms. The van der Waals surface area contributed by atoms with Gasteiger partial charge in [0, 0.05) is 31.7 Å². The van der Waals surface area contributed by atoms with Crippen LogP contribution in [0.1, 0.15) is 17.5 Å². The van der Waals surface area contributed by atoms with E-state index in [1.54, 1.807) is 18.6 Å². The summed E-state index contributed by atoms with van der Waals surface area (Å²) in [5, 5.41) is 6.58. The number of benzene rings is 1. The fraction of sp³-hybridized carbons (Fsp3) is 0.211. The molecule has 3 rings (SSSR count). The predicted octanol–water partition coefficient (Wildman–Crippen LogP) is 3.53. The Kier molecular flexibility index (Phi) is 5.72. The summed E-state index contributed by atoms with van der Waals surface area (Å²) in [5.74, 6) is 1.47. The molecule has 2 heterocycles. The highest BCUT2D eigenvalue weighted by Crippen LogP contribution is 2.08. The molecule has 0 amide bonds. The quantitative estimate of drug-likeness (QED) is 0.622. The zero-order chi connectivity index (χ0) is 16.5. The summed E-state index contributed by atoms with van der Waals surface area (Å²) in [6.07, 6.45) is 7.44. The zero-order valence-electron chi connectivity index (χ0n) is 13.5. The molecule has 0 saturated carbocycles. The van der Waals surface area contributed by atoms with Crippen LogP contribution < -0.4 is 10.6 Å². The maximum atomic E-state index is 4.48. The molecule has 122 valence electrons. The summed E-state index contributed by atoms with van der Waals surface area (Å²) < 4.78 is 0. The van der Waals surface area contributed by atoms with Crippen LogP contribution in [0.15, 0.2) is 67.1 Å². The van der Waals surface area contributed by atoms with Crippen molar-refractivity contribution >= 4 is 11.8 Å². The first-order valence-electron chi connectivity index (χ1n) is 8.14. The Bertz CT molecular complexity index is 731. The summed E-state index contributed by atoms with van der Waals surface area (Å²) >= 11 is 0. The molecule has 0 atom stereocenters. The fourth-order valence-electron chi connectivity index (χ4n) is 2.37. The number of nitrogens with one attached hydrogen (secondary N) is 2. The highest BCUT2D eigenvalue weighted by molar-refractivity contribution is 5.40. The van der Waals surface area contributed by atoms with Gasteiger partial charge in [-0.1, -0.05) is 30.3 Å². The first kappa shape index (κ1) is 15.9. The van der Waals surface area contributed by atoms with Crippen LogP contribution in [0.4, 0.5) is 11.8 Å². The number of anilines is 2. The normalized spacial score (nSPS) is 10.3. The highest BCUT2D eigenvalue weighted by Gasteiger charge is 1.99. The molecular formula is C19H21N5. The monoisotopic (exact) mass is 319 g/mol. The number of aryl methyl sites for hydroxylation is 1. The molecule has 0 bridgehead atoms. The third-order valence-corrected chi connectivity index (χ3v) is 3.65. The first-order valence-corrected chi connectivity index (χ1v) is 8.14. The number of pyridine rings is 1. The molecular weight excluding hydrogens is 298 g/mol. The van der Waals surface area contributed by atoms with Crippen molar-refractivity contribution in [1.29, 1.82) is 0 Å². The van der Waals surface area contributed by atoms with E-state index < -0.39 is 0 Å². The highest BCUT2D eigenvalue weighted by atomic mass is 15.1. The van der Waals surface area contributed by atoms with Gasteiger partial charge in [-0.05, 0) is 42.2 Å². The summed E-state index contributed by atoms with van der Waals surface area (Å²) in [6, 6.07) is 16.3. The van der Waals surface area contributed by atoms with Crippen molar-refractivity contribution < 1.29 is 0 Å². The third kappa shape index (κ3) is 5.05. The van der Waals surface area contributed by atoms with Gasteiger partial charge in [-0.3, -0.25) is 4.98 Å². The van der Waals surface area contributed by atoms with E-state index in [-0.39, 0.29) is 0 Å². The predicted molar refractivity (Wildman–Crippen MR) is 96.8 cm³/mol. The molecule has 0 radical (unpaired) electrons. The second kappa shape index (κ2) is 8.62. The number of hydrogen-bond acceptors (Lipinski definition) is 5. The van der Waals surface area contributed by atoms with E-state index >= 15 is 0 Å². The summed E-state index contributed by atoms with van der Waals surface area (Å²) in [5.41, 5.74) is 2.52. The van der Waals surface area contributed by atoms with Crippen molar-refractivity contribution in [2.45, 2.75) is 19.4 Å². The van der Waals surface area contributed by atoms with E-state index in [1.165, 1.54) is 11.1 Å². The van der Waals surface area contributed by atoms with E-state index in [1.807, 2.05) is 24.3 Å². The molecule has 0 spiro atoms. The maximum absolute atomic E-state index is 4.48. The fourth-order valence-corrected chi connectivity index (χ4v) is 2.37. The van der Waals surface area contributed by atoms with Crippen LogP contribution >= 0.6 is 0 Å². The van der Waals surface area contributed by atoms with Gasteiger partial charge in [-0.25, -0.2) is 4.98 Å². The van der Waals surface area contributed by atoms with Gasteiger partial charge in [0.2, 0.25) is 5.95 Å². The van der Waals surface area contributed by atoms with Gasteiger partial charge in [0.05, 0.1) is 0 Å². The second-order valence-corrected chi connectivity index (χ2v) is 5.49. The zero-order valence-corrected chi connectivity index (χ0v) is 13.5. The van der Waals surface area contributed by atoms with Gasteiger partial charge in [0.25, 0.3) is 0 Å². The smallest absolute Gasteiger partial charge is 0.224 e. The minimum Gasteiger partial charge on any atom is -0.366 e. The van der Waals surface area contributed by atoms with Crippen LogP contribution in [-0.2, 0) is 13.0 Å². The van der Waals surface area contributed by atoms with Gasteiger partial charge in [0.15, 0.2) is 0 Å². The molecule has 0 saturated heterocycles. The minimum absolute atomic E-state index is 0.655. The number of aromatic nitrogens is 3. The Hall–Kier alpha value is -2.95. The van der Waals surface area contributed by atoms with Crippen LogP contribution in [0.25, 0.3) is 0 Å². The van der Waals surface area contributed by atoms with E-state index in [0.717, 1.165) is 25.2 Å². The van der Waals surface area contributed by atoms with E-state index in [4.69, 9.17) is 0 Å². The summed E-state index contributed by atoms with van der Waals surface area (Å²) in [7, 11) is 0. The van der Waals surface area contributed by atoms with E-state index in [9.17, 15) is 0 Å². The maximum Gasteiger partial charge on any atom is 0.224 e. The molecule has 5 heteroatoms. The Labute approximate surface area is 142 Å². The molecule has 1 aromatic carbocycles. The van der Waals surface area contributed by atoms with Crippen LogP contribution in [0, 0.1) is 0 Å². The van der Waals surface area contributed by atoms with Crippen molar-refractivity contribution in [3.63, 3.8) is 0 Å². The van der Waals surface area contributed by atoms with Crippen molar-refractivity contribution in [2.75, 3.05) is 17.2 Å². The van der Waals surface area contributed by atoms with Gasteiger partial charge >= 0.3 is 0 Å². The van der Waals surface area contributed by atoms with Crippen molar-refractivity contribution in [3.8, 4) is 0 Å². The molecule has 5 nitrogen and oxygen atoms in total. The number of nitrogens with zero attached hydrogens (tertiary/aromatic N) is 3. The van der Waals surface area contributed by atoms with Crippen LogP contribution in [0.3, 0.4) is 0 Å². The Morgan fingerprint density at radius 1 is 0.792 bits per heavy atom. The lowest BCUT2D eigenvalue weighted by atomic mass is 10.1. The average Bonchev–Trinajstić information content (AvgIpc) is 2.66. The Morgan fingerprint density at radius 2 is 1.62 bits per heavy atom. The van der Waals surface area contributed by atoms with Gasteiger partial charge in [0.1, 0.15) is 5.82 Å². The van der Waals surface area contributed by atoms with Crippen LogP contribution in [-0.4, -0.2) is 21.5 Å². The lowest BCUT2D eigenvalue weighted by Crippen LogP contribution is -2.08. The lowest BCUT2D eigenvalue weighted by Gasteiger charge is -2.08. The molecule has 0 aliphatic carbocycles. The van der Waals surface area contributed by atoms with Gasteiger partial charge < -0.3 is 10.6 Å². The van der Waals surface area contributed by atoms with E-state index in [0.29, 0.717) is 12.5 Å². The minimum atomic E-state index is 0.655. The molecule has 0 aliphatic rings. The van der Waals surface area contributed by atoms with Gasteiger partial charge in [-0.2, -0.15) is 4.98 Å². The third-order valence-electron chi connectivity index (χ3n) is 3.65. The molecule has 0 unspecified atom stereocenters. The standard InChI is InChI=1S/C19H21N5/c1-2-5-16(6-3-1)7-4-11-21-19-22-14-10-18(24-19)23-15-17-8-12-20-13-9-17/h1-3,5-6,8-10,12-14H,4,7,11,15H2,(H2,21,22,23,24). The molecule has 2 aromatic heterocycles. The van der Waals surface area contributed by atoms with Crippen molar-refractivity contribution in [3.05, 3.63) is 78.2 Å². The molecule has 0 fully saturated rings. The van der Waals surface area contributed by atoms with Crippen molar-refractivity contribution in [2.24, 2.45) is 0 Å². The SMILES string of the molecule is c1ccc(CCCNc2nccc(NCc3ccncc3)n2)cc1. The molecule has 0 aliphatic heterocycles. The Balaban J connectivity index is 1.45. The summed E-state index contributed by atoms with van der Waals surface area (Å²) in [4.78, 5) is 12.8. The second-order valence-electron chi connectivity index (χ2n) is 5.49. The molecule has 2 N–H and O–H groups in total. The topological polar surface area (TPSA) is 62.7 Å². The van der Waals surface area contributed by atoms with Crippen molar-refractivity contribution in [1.82, 2.24) is 15.0 Å². The lowest BCUT2D eigenvalue weighted by molar-refractivity contribution is 0.852. The van der Waals surface area contributed by atoms with Crippen LogP contribution in [0.5, 0.6) is 0 Å².